The van der Waals surface area contributed by atoms with E-state index in [9.17, 15) is 14.7 Å². The van der Waals surface area contributed by atoms with Crippen LogP contribution in [0.15, 0.2) is 90.2 Å². The third-order valence-corrected chi connectivity index (χ3v) is 5.75. The lowest BCUT2D eigenvalue weighted by Gasteiger charge is -2.27. The molecule has 1 atom stereocenters. The van der Waals surface area contributed by atoms with Crippen LogP contribution >= 0.6 is 0 Å². The Bertz CT molecular complexity index is 1190. The Kier molecular flexibility index (Phi) is 6.45. The average molecular weight is 443 g/mol. The Labute approximate surface area is 192 Å². The summed E-state index contributed by atoms with van der Waals surface area (Å²) in [5, 5.41) is 10.8. The number of benzene rings is 3. The second kappa shape index (κ2) is 9.61. The number of nitrogens with zero attached hydrogens (tertiary/aromatic N) is 1. The molecule has 4 rings (SSSR count). The number of methoxy groups -OCH3 is 2. The number of aryl methyl sites for hydroxylation is 1. The maximum atomic E-state index is 13.4. The zero-order valence-corrected chi connectivity index (χ0v) is 18.5. The minimum Gasteiger partial charge on any atom is -0.503 e. The molecule has 1 amide bonds. The Balaban J connectivity index is 1.76. The van der Waals surface area contributed by atoms with Crippen LogP contribution in [0, 0.1) is 0 Å². The van der Waals surface area contributed by atoms with Gasteiger partial charge in [0.1, 0.15) is 0 Å². The number of Topliss-reactive ketones (excluding diaryl/α,β-unsaturated/α-hetero) is 1. The summed E-state index contributed by atoms with van der Waals surface area (Å²) < 4.78 is 10.8. The average Bonchev–Trinajstić information content (AvgIpc) is 3.13. The van der Waals surface area contributed by atoms with E-state index in [0.29, 0.717) is 29.2 Å². The zero-order valence-electron chi connectivity index (χ0n) is 18.5. The van der Waals surface area contributed by atoms with Gasteiger partial charge in [0.15, 0.2) is 23.0 Å². The van der Waals surface area contributed by atoms with E-state index < -0.39 is 17.7 Å². The summed E-state index contributed by atoms with van der Waals surface area (Å²) in [4.78, 5) is 28.0. The van der Waals surface area contributed by atoms with Crippen molar-refractivity contribution in [2.75, 3.05) is 19.1 Å². The molecule has 0 spiro atoms. The molecule has 1 aliphatic rings. The van der Waals surface area contributed by atoms with Crippen molar-refractivity contribution in [3.05, 3.63) is 101 Å². The molecule has 168 valence electrons. The van der Waals surface area contributed by atoms with Gasteiger partial charge in [-0.1, -0.05) is 54.6 Å². The van der Waals surface area contributed by atoms with Crippen molar-refractivity contribution >= 4 is 17.4 Å². The first-order chi connectivity index (χ1) is 16.0. The predicted octanol–water partition coefficient (Wildman–Crippen LogP) is 4.81. The van der Waals surface area contributed by atoms with Gasteiger partial charge in [-0.25, -0.2) is 0 Å². The lowest BCUT2D eigenvalue weighted by Crippen LogP contribution is -2.31. The molecule has 1 aliphatic heterocycles. The first-order valence-corrected chi connectivity index (χ1v) is 10.7. The molecule has 0 bridgehead atoms. The minimum absolute atomic E-state index is 0.0898. The number of carbonyl (C=O) groups is 2. The van der Waals surface area contributed by atoms with Crippen molar-refractivity contribution in [1.82, 2.24) is 0 Å². The number of hydrogen-bond donors (Lipinski definition) is 1. The van der Waals surface area contributed by atoms with Gasteiger partial charge in [-0.05, 0) is 41.8 Å². The molecule has 3 aromatic rings. The number of hydrogen-bond acceptors (Lipinski definition) is 5. The number of aliphatic hydroxyl groups excluding tert-OH is 1. The summed E-state index contributed by atoms with van der Waals surface area (Å²) in [7, 11) is 3.06. The molecule has 6 heteroatoms. The molecular weight excluding hydrogens is 418 g/mol. The van der Waals surface area contributed by atoms with Crippen LogP contribution < -0.4 is 14.4 Å². The molecular formula is C27H25NO5. The third-order valence-electron chi connectivity index (χ3n) is 5.75. The highest BCUT2D eigenvalue weighted by Crippen LogP contribution is 2.43. The van der Waals surface area contributed by atoms with E-state index in [1.807, 2.05) is 36.4 Å². The summed E-state index contributed by atoms with van der Waals surface area (Å²) in [6, 6.07) is 23.1. The van der Waals surface area contributed by atoms with Gasteiger partial charge in [-0.15, -0.1) is 0 Å². The van der Waals surface area contributed by atoms with Crippen molar-refractivity contribution in [2.45, 2.75) is 18.9 Å². The maximum absolute atomic E-state index is 13.4. The highest BCUT2D eigenvalue weighted by atomic mass is 16.5. The van der Waals surface area contributed by atoms with Crippen LogP contribution in [-0.2, 0) is 16.0 Å². The van der Waals surface area contributed by atoms with Gasteiger partial charge in [-0.2, -0.15) is 0 Å². The molecule has 0 fully saturated rings. The number of anilines is 1. The Morgan fingerprint density at radius 3 is 2.18 bits per heavy atom. The molecule has 0 aromatic heterocycles. The van der Waals surface area contributed by atoms with Crippen LogP contribution in [0.5, 0.6) is 11.5 Å². The van der Waals surface area contributed by atoms with Crippen LogP contribution in [0.3, 0.4) is 0 Å². The van der Waals surface area contributed by atoms with Gasteiger partial charge in [-0.3, -0.25) is 14.5 Å². The quantitative estimate of drug-likeness (QED) is 0.541. The van der Waals surface area contributed by atoms with Crippen molar-refractivity contribution < 1.29 is 24.2 Å². The molecule has 6 nitrogen and oxygen atoms in total. The number of aliphatic hydroxyl groups is 1. The summed E-state index contributed by atoms with van der Waals surface area (Å²) >= 11 is 0. The highest BCUT2D eigenvalue weighted by Gasteiger charge is 2.44. The normalized spacial score (nSPS) is 15.6. The Morgan fingerprint density at radius 1 is 0.909 bits per heavy atom. The van der Waals surface area contributed by atoms with E-state index in [2.05, 4.69) is 0 Å². The van der Waals surface area contributed by atoms with Gasteiger partial charge >= 0.3 is 0 Å². The predicted molar refractivity (Wildman–Crippen MR) is 126 cm³/mol. The largest absolute Gasteiger partial charge is 0.503 e. The van der Waals surface area contributed by atoms with Crippen molar-refractivity contribution in [1.29, 1.82) is 0 Å². The summed E-state index contributed by atoms with van der Waals surface area (Å²) in [5.74, 6) is -0.399. The molecule has 3 aromatic carbocycles. The van der Waals surface area contributed by atoms with E-state index in [4.69, 9.17) is 9.47 Å². The number of ether oxygens (including phenoxy) is 2. The summed E-state index contributed by atoms with van der Waals surface area (Å²) in [6.07, 6.45) is 0.678. The third kappa shape index (κ3) is 4.32. The van der Waals surface area contributed by atoms with Crippen LogP contribution in [0.2, 0.25) is 0 Å². The highest BCUT2D eigenvalue weighted by molar-refractivity contribution is 6.16. The van der Waals surface area contributed by atoms with Crippen LogP contribution in [0.4, 0.5) is 5.69 Å². The van der Waals surface area contributed by atoms with Gasteiger partial charge in [0.2, 0.25) is 0 Å². The number of rotatable bonds is 8. The molecule has 0 saturated heterocycles. The van der Waals surface area contributed by atoms with Gasteiger partial charge in [0.05, 0.1) is 25.8 Å². The molecule has 1 heterocycles. The van der Waals surface area contributed by atoms with Gasteiger partial charge < -0.3 is 14.6 Å². The van der Waals surface area contributed by atoms with Gasteiger partial charge in [0.25, 0.3) is 5.91 Å². The van der Waals surface area contributed by atoms with Crippen molar-refractivity contribution in [3.8, 4) is 11.5 Å². The van der Waals surface area contributed by atoms with Crippen LogP contribution in [0.25, 0.3) is 0 Å². The van der Waals surface area contributed by atoms with E-state index in [1.165, 1.54) is 19.1 Å². The van der Waals surface area contributed by atoms with Gasteiger partial charge in [0, 0.05) is 12.1 Å². The fourth-order valence-corrected chi connectivity index (χ4v) is 4.12. The SMILES string of the molecule is COc1ccc([C@@H]2C(C(=O)CCc3ccccc3)=C(O)C(=O)N2c2ccccc2)cc1OC. The second-order valence-corrected chi connectivity index (χ2v) is 7.70. The molecule has 0 saturated carbocycles. The second-order valence-electron chi connectivity index (χ2n) is 7.70. The van der Waals surface area contributed by atoms with E-state index in [0.717, 1.165) is 5.56 Å². The maximum Gasteiger partial charge on any atom is 0.294 e. The minimum atomic E-state index is -0.789. The summed E-state index contributed by atoms with van der Waals surface area (Å²) in [5.41, 5.74) is 2.32. The number of para-hydroxylation sites is 1. The molecule has 1 N–H and O–H groups in total. The van der Waals surface area contributed by atoms with Crippen molar-refractivity contribution in [3.63, 3.8) is 0 Å². The fourth-order valence-electron chi connectivity index (χ4n) is 4.12. The summed E-state index contributed by atoms with van der Waals surface area (Å²) in [6.45, 7) is 0. The fraction of sp³-hybridized carbons (Fsp3) is 0.185. The number of amides is 1. The topological polar surface area (TPSA) is 76.1 Å². The number of carbonyl (C=O) groups excluding carboxylic acids is 2. The first-order valence-electron chi connectivity index (χ1n) is 10.7. The molecule has 0 radical (unpaired) electrons. The first kappa shape index (κ1) is 22.1. The van der Waals surface area contributed by atoms with E-state index in [1.54, 1.807) is 42.5 Å². The number of ketones is 1. The Hall–Kier alpha value is -4.06. The van der Waals surface area contributed by atoms with Crippen LogP contribution in [0.1, 0.15) is 23.6 Å². The lowest BCUT2D eigenvalue weighted by atomic mass is 9.92. The van der Waals surface area contributed by atoms with E-state index >= 15 is 0 Å². The van der Waals surface area contributed by atoms with E-state index in [-0.39, 0.29) is 17.8 Å². The van der Waals surface area contributed by atoms with Crippen molar-refractivity contribution in [2.24, 2.45) is 0 Å². The molecule has 0 unspecified atom stereocenters. The monoisotopic (exact) mass is 443 g/mol. The Morgan fingerprint density at radius 2 is 1.55 bits per heavy atom. The molecule has 0 aliphatic carbocycles. The smallest absolute Gasteiger partial charge is 0.294 e. The standard InChI is InChI=1S/C27H25NO5/c1-32-22-16-14-19(17-23(22)33-2)25-24(21(29)15-13-18-9-5-3-6-10-18)26(30)27(31)28(25)20-11-7-4-8-12-20/h3-12,14,16-17,25,30H,13,15H2,1-2H3/t25-/m1/s1. The molecule has 33 heavy (non-hydrogen) atoms. The lowest BCUT2D eigenvalue weighted by molar-refractivity contribution is -0.118. The zero-order chi connectivity index (χ0) is 23.4. The van der Waals surface area contributed by atoms with Crippen LogP contribution in [-0.4, -0.2) is 31.0 Å².